The van der Waals surface area contributed by atoms with Crippen molar-refractivity contribution in [1.29, 1.82) is 0 Å². The smallest absolute Gasteiger partial charge is 0.242 e. The van der Waals surface area contributed by atoms with E-state index >= 15 is 0 Å². The molecule has 1 unspecified atom stereocenters. The predicted octanol–water partition coefficient (Wildman–Crippen LogP) is 1.23. The van der Waals surface area contributed by atoms with Crippen molar-refractivity contribution < 1.29 is 9.59 Å². The Kier molecular flexibility index (Phi) is 6.46. The van der Waals surface area contributed by atoms with E-state index in [1.807, 2.05) is 48.5 Å². The molecular formula is C21H26N6O2. The van der Waals surface area contributed by atoms with Crippen molar-refractivity contribution >= 4 is 28.8 Å². The fraction of sp³-hybridized carbons (Fsp3) is 0.286. The van der Waals surface area contributed by atoms with Gasteiger partial charge >= 0.3 is 0 Å². The molecule has 0 fully saturated rings. The van der Waals surface area contributed by atoms with Crippen LogP contribution in [0.1, 0.15) is 24.5 Å². The maximum Gasteiger partial charge on any atom is 0.242 e. The van der Waals surface area contributed by atoms with Crippen LogP contribution in [0.15, 0.2) is 48.5 Å². The third kappa shape index (κ3) is 5.55. The molecule has 2 atom stereocenters. The van der Waals surface area contributed by atoms with Gasteiger partial charge < -0.3 is 27.1 Å². The van der Waals surface area contributed by atoms with Crippen molar-refractivity contribution in [3.05, 3.63) is 59.7 Å². The molecule has 0 bridgehead atoms. The minimum absolute atomic E-state index is 0.280. The Bertz CT molecular complexity index is 985. The molecule has 29 heavy (non-hydrogen) atoms. The second kappa shape index (κ2) is 9.20. The molecule has 8 heteroatoms. The lowest BCUT2D eigenvalue weighted by atomic mass is 10.1. The summed E-state index contributed by atoms with van der Waals surface area (Å²) in [4.78, 5) is 31.7. The summed E-state index contributed by atoms with van der Waals surface area (Å²) in [5.41, 5.74) is 15.2. The highest BCUT2D eigenvalue weighted by molar-refractivity contribution is 5.89. The lowest BCUT2D eigenvalue weighted by Crippen LogP contribution is -2.50. The number of aromatic nitrogens is 2. The molecule has 2 amide bonds. The lowest BCUT2D eigenvalue weighted by Gasteiger charge is -2.17. The van der Waals surface area contributed by atoms with Gasteiger partial charge in [-0.05, 0) is 43.0 Å². The van der Waals surface area contributed by atoms with Crippen molar-refractivity contribution in [3.8, 4) is 0 Å². The molecule has 0 saturated heterocycles. The maximum absolute atomic E-state index is 12.3. The number of aromatic amines is 1. The van der Waals surface area contributed by atoms with Gasteiger partial charge in [-0.3, -0.25) is 9.59 Å². The number of nitrogens with one attached hydrogen (secondary N) is 3. The van der Waals surface area contributed by atoms with E-state index in [1.54, 1.807) is 6.92 Å². The average molecular weight is 394 g/mol. The number of amides is 2. The largest absolute Gasteiger partial charge is 0.369 e. The highest BCUT2D eigenvalue weighted by atomic mass is 16.2. The van der Waals surface area contributed by atoms with Gasteiger partial charge in [0.25, 0.3) is 0 Å². The molecule has 2 aromatic carbocycles. The first-order valence-corrected chi connectivity index (χ1v) is 9.54. The van der Waals surface area contributed by atoms with E-state index in [1.165, 1.54) is 0 Å². The number of carbonyl (C=O) groups is 2. The molecule has 0 spiro atoms. The summed E-state index contributed by atoms with van der Waals surface area (Å²) in [5.74, 6) is -0.267. The zero-order chi connectivity index (χ0) is 20.8. The molecule has 152 valence electrons. The molecule has 0 radical (unpaired) electrons. The van der Waals surface area contributed by atoms with Gasteiger partial charge in [0.05, 0.1) is 17.1 Å². The van der Waals surface area contributed by atoms with Crippen LogP contribution in [0.2, 0.25) is 0 Å². The Hall–Kier alpha value is -3.39. The van der Waals surface area contributed by atoms with E-state index in [4.69, 9.17) is 11.5 Å². The maximum atomic E-state index is 12.3. The van der Waals surface area contributed by atoms with E-state index in [0.29, 0.717) is 25.3 Å². The summed E-state index contributed by atoms with van der Waals surface area (Å²) >= 11 is 0. The summed E-state index contributed by atoms with van der Waals surface area (Å²) in [6.45, 7) is 1.96. The number of H-pyrrole nitrogens is 1. The van der Waals surface area contributed by atoms with Crippen LogP contribution in [0.3, 0.4) is 0 Å². The van der Waals surface area contributed by atoms with Crippen LogP contribution in [0, 0.1) is 0 Å². The number of hydrogen-bond acceptors (Lipinski definition) is 5. The van der Waals surface area contributed by atoms with Crippen molar-refractivity contribution in [2.75, 3.05) is 5.73 Å². The quantitative estimate of drug-likeness (QED) is 0.391. The van der Waals surface area contributed by atoms with Gasteiger partial charge in [0.15, 0.2) is 5.95 Å². The summed E-state index contributed by atoms with van der Waals surface area (Å²) in [5, 5.41) is 5.49. The monoisotopic (exact) mass is 394 g/mol. The second-order valence-corrected chi connectivity index (χ2v) is 7.05. The summed E-state index contributed by atoms with van der Waals surface area (Å²) < 4.78 is 0. The number of nitrogens with two attached hydrogens (primary N) is 2. The molecule has 0 aliphatic rings. The van der Waals surface area contributed by atoms with Gasteiger partial charge in [-0.1, -0.05) is 36.4 Å². The number of nitrogens with zero attached hydrogens (tertiary/aromatic N) is 1. The van der Waals surface area contributed by atoms with Crippen LogP contribution in [-0.2, 0) is 22.6 Å². The number of hydrogen-bond donors (Lipinski definition) is 5. The molecule has 1 aromatic heterocycles. The normalized spacial score (nSPS) is 13.0. The van der Waals surface area contributed by atoms with Crippen LogP contribution >= 0.6 is 0 Å². The molecule has 0 saturated carbocycles. The SMILES string of the molecule is C[C@H](NC(=O)C(N)CCc1ccccc1)C(=O)NCc1ccc2nc(N)[nH]c2c1. The topological polar surface area (TPSA) is 139 Å². The van der Waals surface area contributed by atoms with E-state index in [2.05, 4.69) is 20.6 Å². The van der Waals surface area contributed by atoms with Crippen molar-refractivity contribution in [1.82, 2.24) is 20.6 Å². The summed E-state index contributed by atoms with van der Waals surface area (Å²) in [6, 6.07) is 14.1. The third-order valence-corrected chi connectivity index (χ3v) is 4.71. The molecule has 3 rings (SSSR count). The van der Waals surface area contributed by atoms with Crippen molar-refractivity contribution in [2.24, 2.45) is 5.73 Å². The number of fused-ring (bicyclic) bond motifs is 1. The van der Waals surface area contributed by atoms with Gasteiger partial charge in [0.2, 0.25) is 11.8 Å². The molecule has 7 N–H and O–H groups in total. The fourth-order valence-corrected chi connectivity index (χ4v) is 3.01. The van der Waals surface area contributed by atoms with Crippen LogP contribution < -0.4 is 22.1 Å². The molecule has 1 heterocycles. The van der Waals surface area contributed by atoms with E-state index in [0.717, 1.165) is 22.2 Å². The standard InChI is InChI=1S/C21H26N6O2/c1-13(25-20(29)16(22)9-7-14-5-3-2-4-6-14)19(28)24-12-15-8-10-17-18(11-15)27-21(23)26-17/h2-6,8,10-11,13,16H,7,9,12,22H2,1H3,(H,24,28)(H,25,29)(H3,23,26,27)/t13-,16?/m0/s1. The highest BCUT2D eigenvalue weighted by Gasteiger charge is 2.19. The Morgan fingerprint density at radius 2 is 1.86 bits per heavy atom. The zero-order valence-electron chi connectivity index (χ0n) is 16.3. The number of aryl methyl sites for hydroxylation is 1. The fourth-order valence-electron chi connectivity index (χ4n) is 3.01. The van der Waals surface area contributed by atoms with E-state index in [9.17, 15) is 9.59 Å². The first-order chi connectivity index (χ1) is 13.9. The Labute approximate surface area is 169 Å². The van der Waals surface area contributed by atoms with E-state index in [-0.39, 0.29) is 11.8 Å². The van der Waals surface area contributed by atoms with Gasteiger partial charge in [-0.25, -0.2) is 4.98 Å². The number of imidazole rings is 1. The average Bonchev–Trinajstić information content (AvgIpc) is 3.10. The Balaban J connectivity index is 1.45. The third-order valence-electron chi connectivity index (χ3n) is 4.71. The summed E-state index contributed by atoms with van der Waals surface area (Å²) in [7, 11) is 0. The number of nitrogen functional groups attached to an aromatic ring is 1. The molecule has 0 aliphatic carbocycles. The minimum Gasteiger partial charge on any atom is -0.369 e. The first kappa shape index (κ1) is 20.3. The van der Waals surface area contributed by atoms with Crippen LogP contribution in [0.5, 0.6) is 0 Å². The second-order valence-electron chi connectivity index (χ2n) is 7.05. The van der Waals surface area contributed by atoms with Gasteiger partial charge in [-0.15, -0.1) is 0 Å². The molecule has 0 aliphatic heterocycles. The Morgan fingerprint density at radius 1 is 1.10 bits per heavy atom. The van der Waals surface area contributed by atoms with Crippen molar-refractivity contribution in [3.63, 3.8) is 0 Å². The Morgan fingerprint density at radius 3 is 2.62 bits per heavy atom. The van der Waals surface area contributed by atoms with Gasteiger partial charge in [-0.2, -0.15) is 0 Å². The summed E-state index contributed by atoms with van der Waals surface area (Å²) in [6.07, 6.45) is 1.22. The van der Waals surface area contributed by atoms with Crippen LogP contribution in [0.25, 0.3) is 11.0 Å². The molecule has 3 aromatic rings. The molecule has 8 nitrogen and oxygen atoms in total. The van der Waals surface area contributed by atoms with Crippen LogP contribution in [0.4, 0.5) is 5.95 Å². The van der Waals surface area contributed by atoms with Gasteiger partial charge in [0, 0.05) is 6.54 Å². The predicted molar refractivity (Wildman–Crippen MR) is 113 cm³/mol. The zero-order valence-corrected chi connectivity index (χ0v) is 16.3. The number of rotatable bonds is 8. The van der Waals surface area contributed by atoms with E-state index < -0.39 is 12.1 Å². The number of benzene rings is 2. The van der Waals surface area contributed by atoms with Crippen molar-refractivity contribution in [2.45, 2.75) is 38.4 Å². The lowest BCUT2D eigenvalue weighted by molar-refractivity contribution is -0.129. The first-order valence-electron chi connectivity index (χ1n) is 9.54. The number of anilines is 1. The number of carbonyl (C=O) groups excluding carboxylic acids is 2. The molecular weight excluding hydrogens is 368 g/mol. The van der Waals surface area contributed by atoms with Gasteiger partial charge in [0.1, 0.15) is 6.04 Å². The van der Waals surface area contributed by atoms with Crippen LogP contribution in [-0.4, -0.2) is 33.9 Å². The highest BCUT2D eigenvalue weighted by Crippen LogP contribution is 2.14. The minimum atomic E-state index is -0.684.